The van der Waals surface area contributed by atoms with Crippen LogP contribution in [-0.4, -0.2) is 26.3 Å². The highest BCUT2D eigenvalue weighted by molar-refractivity contribution is 5.45. The first-order chi connectivity index (χ1) is 12.2. The van der Waals surface area contributed by atoms with Gasteiger partial charge in [-0.15, -0.1) is 0 Å². The zero-order valence-electron chi connectivity index (χ0n) is 14.5. The summed E-state index contributed by atoms with van der Waals surface area (Å²) in [5, 5.41) is 7.97. The Bertz CT molecular complexity index is 945. The van der Waals surface area contributed by atoms with Gasteiger partial charge in [-0.05, 0) is 55.2 Å². The third kappa shape index (κ3) is 2.42. The predicted molar refractivity (Wildman–Crippen MR) is 97.0 cm³/mol. The van der Waals surface area contributed by atoms with Gasteiger partial charge in [0.05, 0.1) is 18.1 Å². The predicted octanol–water partition coefficient (Wildman–Crippen LogP) is 3.28. The Labute approximate surface area is 147 Å². The average Bonchev–Trinajstić information content (AvgIpc) is 2.96. The van der Waals surface area contributed by atoms with Crippen molar-refractivity contribution < 1.29 is 0 Å². The molecule has 1 saturated carbocycles. The Kier molecular flexibility index (Phi) is 3.17. The number of benzene rings is 1. The number of anilines is 1. The molecule has 0 aliphatic heterocycles. The van der Waals surface area contributed by atoms with Crippen LogP contribution in [0.4, 0.5) is 5.82 Å². The van der Waals surface area contributed by atoms with Gasteiger partial charge in [0, 0.05) is 12.2 Å². The lowest BCUT2D eigenvalue weighted by molar-refractivity contribution is 0.716. The van der Waals surface area contributed by atoms with Crippen molar-refractivity contribution >= 4 is 5.82 Å². The van der Waals surface area contributed by atoms with E-state index in [2.05, 4.69) is 44.6 Å². The summed E-state index contributed by atoms with van der Waals surface area (Å²) in [4.78, 5) is 9.01. The highest BCUT2D eigenvalue weighted by Gasteiger charge is 2.54. The zero-order valence-corrected chi connectivity index (χ0v) is 14.5. The van der Waals surface area contributed by atoms with Crippen LogP contribution in [0.3, 0.4) is 0 Å². The van der Waals surface area contributed by atoms with Crippen LogP contribution in [0.15, 0.2) is 42.7 Å². The largest absolute Gasteiger partial charge is 0.368 e. The molecule has 25 heavy (non-hydrogen) atoms. The molecule has 0 radical (unpaired) electrons. The van der Waals surface area contributed by atoms with E-state index in [-0.39, 0.29) is 0 Å². The number of fused-ring (bicyclic) bond motifs is 3. The Morgan fingerprint density at radius 2 is 2.08 bits per heavy atom. The Balaban J connectivity index is 1.29. The van der Waals surface area contributed by atoms with E-state index < -0.39 is 0 Å². The van der Waals surface area contributed by atoms with Gasteiger partial charge in [0.25, 0.3) is 0 Å². The van der Waals surface area contributed by atoms with Gasteiger partial charge in [0.15, 0.2) is 5.82 Å². The molecule has 0 saturated heterocycles. The minimum atomic E-state index is 0.717. The van der Waals surface area contributed by atoms with Crippen molar-refractivity contribution in [2.45, 2.75) is 26.2 Å². The van der Waals surface area contributed by atoms with E-state index >= 15 is 0 Å². The van der Waals surface area contributed by atoms with Crippen LogP contribution in [-0.2, 0) is 6.42 Å². The first kappa shape index (κ1) is 14.6. The fourth-order valence-corrected chi connectivity index (χ4v) is 4.39. The molecule has 3 unspecified atom stereocenters. The lowest BCUT2D eigenvalue weighted by Gasteiger charge is -2.10. The van der Waals surface area contributed by atoms with Crippen molar-refractivity contribution in [3.05, 3.63) is 65.2 Å². The molecule has 5 nitrogen and oxygen atoms in total. The first-order valence-corrected chi connectivity index (χ1v) is 8.88. The molecule has 2 aliphatic carbocycles. The molecule has 5 heteroatoms. The topological polar surface area (TPSA) is 55.6 Å². The van der Waals surface area contributed by atoms with E-state index in [0.717, 1.165) is 41.4 Å². The van der Waals surface area contributed by atoms with E-state index in [1.54, 1.807) is 23.5 Å². The molecule has 2 aromatic heterocycles. The van der Waals surface area contributed by atoms with Crippen molar-refractivity contribution in [3.63, 3.8) is 0 Å². The number of nitrogens with one attached hydrogen (secondary N) is 1. The normalized spacial score (nSPS) is 23.2. The van der Waals surface area contributed by atoms with Gasteiger partial charge in [0.1, 0.15) is 5.82 Å². The molecular formula is C20H21N5. The maximum Gasteiger partial charge on any atom is 0.174 e. The van der Waals surface area contributed by atoms with Gasteiger partial charge in [-0.2, -0.15) is 5.10 Å². The molecule has 0 amide bonds. The second-order valence-corrected chi connectivity index (χ2v) is 7.24. The van der Waals surface area contributed by atoms with Crippen molar-refractivity contribution in [2.24, 2.45) is 11.8 Å². The fraction of sp³-hybridized carbons (Fsp3) is 0.350. The number of aromatic nitrogens is 4. The first-order valence-electron chi connectivity index (χ1n) is 8.88. The molecule has 5 rings (SSSR count). The van der Waals surface area contributed by atoms with Crippen molar-refractivity contribution in [2.75, 3.05) is 11.9 Å². The minimum absolute atomic E-state index is 0.717. The molecular weight excluding hydrogens is 310 g/mol. The van der Waals surface area contributed by atoms with Crippen LogP contribution in [0, 0.1) is 25.7 Å². The smallest absolute Gasteiger partial charge is 0.174 e. The molecule has 126 valence electrons. The van der Waals surface area contributed by atoms with Gasteiger partial charge in [0.2, 0.25) is 0 Å². The molecule has 0 spiro atoms. The molecule has 1 aromatic carbocycles. The molecule has 1 fully saturated rings. The van der Waals surface area contributed by atoms with Gasteiger partial charge < -0.3 is 5.32 Å². The van der Waals surface area contributed by atoms with Crippen LogP contribution in [0.1, 0.15) is 28.4 Å². The van der Waals surface area contributed by atoms with Gasteiger partial charge >= 0.3 is 0 Å². The average molecular weight is 331 g/mol. The number of nitrogens with zero attached hydrogens (tertiary/aromatic N) is 4. The SMILES string of the molecule is Cc1cc(C)n(-c2cncc(NCC3C4Cc5ccccc5C34)n2)n1. The second-order valence-electron chi connectivity index (χ2n) is 7.24. The molecule has 0 bridgehead atoms. The maximum atomic E-state index is 4.68. The van der Waals surface area contributed by atoms with Gasteiger partial charge in [-0.1, -0.05) is 24.3 Å². The number of rotatable bonds is 4. The molecule has 2 heterocycles. The number of hydrogen-bond acceptors (Lipinski definition) is 4. The van der Waals surface area contributed by atoms with E-state index in [4.69, 9.17) is 0 Å². The molecule has 2 aliphatic rings. The fourth-order valence-electron chi connectivity index (χ4n) is 4.39. The number of hydrogen-bond donors (Lipinski definition) is 1. The van der Waals surface area contributed by atoms with Gasteiger partial charge in [-0.25, -0.2) is 9.67 Å². The summed E-state index contributed by atoms with van der Waals surface area (Å²) in [6.45, 7) is 4.98. The van der Waals surface area contributed by atoms with Crippen LogP contribution >= 0.6 is 0 Å². The molecule has 3 atom stereocenters. The highest BCUT2D eigenvalue weighted by atomic mass is 15.3. The summed E-state index contributed by atoms with van der Waals surface area (Å²) >= 11 is 0. The Hall–Kier alpha value is -2.69. The maximum absolute atomic E-state index is 4.68. The van der Waals surface area contributed by atoms with E-state index in [1.165, 1.54) is 6.42 Å². The Morgan fingerprint density at radius 1 is 1.20 bits per heavy atom. The lowest BCUT2D eigenvalue weighted by atomic mass is 10.0. The molecule has 3 aromatic rings. The van der Waals surface area contributed by atoms with Crippen molar-refractivity contribution in [1.82, 2.24) is 19.7 Å². The Morgan fingerprint density at radius 3 is 2.92 bits per heavy atom. The van der Waals surface area contributed by atoms with Gasteiger partial charge in [-0.3, -0.25) is 4.98 Å². The van der Waals surface area contributed by atoms with Crippen molar-refractivity contribution in [3.8, 4) is 5.82 Å². The van der Waals surface area contributed by atoms with E-state index in [1.807, 2.05) is 24.6 Å². The second kappa shape index (κ2) is 5.41. The van der Waals surface area contributed by atoms with Crippen LogP contribution in [0.5, 0.6) is 0 Å². The summed E-state index contributed by atoms with van der Waals surface area (Å²) in [5.41, 5.74) is 5.15. The third-order valence-corrected chi connectivity index (χ3v) is 5.57. The van der Waals surface area contributed by atoms with E-state index in [0.29, 0.717) is 5.92 Å². The summed E-state index contributed by atoms with van der Waals surface area (Å²) in [7, 11) is 0. The van der Waals surface area contributed by atoms with Crippen LogP contribution in [0.2, 0.25) is 0 Å². The van der Waals surface area contributed by atoms with Crippen molar-refractivity contribution in [1.29, 1.82) is 0 Å². The lowest BCUT2D eigenvalue weighted by Crippen LogP contribution is -2.11. The highest BCUT2D eigenvalue weighted by Crippen LogP contribution is 2.61. The quantitative estimate of drug-likeness (QED) is 0.797. The summed E-state index contributed by atoms with van der Waals surface area (Å²) in [6.07, 6.45) is 4.78. The summed E-state index contributed by atoms with van der Waals surface area (Å²) in [5.74, 6) is 3.84. The molecule has 1 N–H and O–H groups in total. The summed E-state index contributed by atoms with van der Waals surface area (Å²) in [6, 6.07) is 10.9. The number of aryl methyl sites for hydroxylation is 2. The zero-order chi connectivity index (χ0) is 17.0. The standard InChI is InChI=1S/C20H21N5/c1-12-7-13(2)25(24-12)19-11-21-10-18(23-19)22-9-17-16-8-14-5-3-4-6-15(14)20(16)17/h3-7,10-11,16-17,20H,8-9H2,1-2H3,(H,22,23). The summed E-state index contributed by atoms with van der Waals surface area (Å²) < 4.78 is 1.84. The third-order valence-electron chi connectivity index (χ3n) is 5.57. The van der Waals surface area contributed by atoms with E-state index in [9.17, 15) is 0 Å². The van der Waals surface area contributed by atoms with Crippen LogP contribution in [0.25, 0.3) is 5.82 Å². The monoisotopic (exact) mass is 331 g/mol. The minimum Gasteiger partial charge on any atom is -0.368 e. The van der Waals surface area contributed by atoms with Crippen LogP contribution < -0.4 is 5.32 Å².